The minimum absolute atomic E-state index is 0.0342. The summed E-state index contributed by atoms with van der Waals surface area (Å²) in [4.78, 5) is 40.6. The maximum Gasteiger partial charge on any atom is 0.255 e. The van der Waals surface area contributed by atoms with Gasteiger partial charge in [0.05, 0.1) is 18.4 Å². The zero-order valence-electron chi connectivity index (χ0n) is 19.5. The Morgan fingerprint density at radius 2 is 1.56 bits per heavy atom. The molecule has 7 nitrogen and oxygen atoms in total. The van der Waals surface area contributed by atoms with Crippen molar-refractivity contribution in [3.8, 4) is 5.75 Å². The molecule has 0 radical (unpaired) electrons. The summed E-state index contributed by atoms with van der Waals surface area (Å²) in [7, 11) is 1.56. The van der Waals surface area contributed by atoms with Crippen molar-refractivity contribution in [3.05, 3.63) is 59.7 Å². The Bertz CT molecular complexity index is 923. The molecular weight excluding hydrogens is 406 g/mol. The molecule has 0 aliphatic heterocycles. The fraction of sp³-hybridized carbons (Fsp3) is 0.400. The molecule has 32 heavy (non-hydrogen) atoms. The normalized spacial score (nSPS) is 12.4. The van der Waals surface area contributed by atoms with Crippen LogP contribution in [-0.2, 0) is 4.79 Å². The predicted molar refractivity (Wildman–Crippen MR) is 126 cm³/mol. The van der Waals surface area contributed by atoms with Crippen molar-refractivity contribution in [3.63, 3.8) is 0 Å². The molecule has 2 atom stereocenters. The Hall–Kier alpha value is -3.35. The number of methoxy groups -OCH3 is 1. The number of nitrogens with one attached hydrogen (secondary N) is 2. The lowest BCUT2D eigenvalue weighted by molar-refractivity contribution is -0.134. The van der Waals surface area contributed by atoms with Crippen LogP contribution in [0.3, 0.4) is 0 Å². The second-order valence-electron chi connectivity index (χ2n) is 7.58. The molecule has 0 aliphatic rings. The first-order valence-corrected chi connectivity index (χ1v) is 11.0. The smallest absolute Gasteiger partial charge is 0.255 e. The molecule has 0 heterocycles. The molecule has 2 aromatic carbocycles. The van der Waals surface area contributed by atoms with Crippen LogP contribution in [0.5, 0.6) is 5.75 Å². The van der Waals surface area contributed by atoms with Gasteiger partial charge in [-0.1, -0.05) is 32.4 Å². The molecule has 0 unspecified atom stereocenters. The Morgan fingerprint density at radius 3 is 2.12 bits per heavy atom. The Kier molecular flexibility index (Phi) is 9.25. The molecule has 0 spiro atoms. The van der Waals surface area contributed by atoms with Crippen LogP contribution < -0.4 is 15.4 Å². The highest BCUT2D eigenvalue weighted by Crippen LogP contribution is 2.19. The van der Waals surface area contributed by atoms with Gasteiger partial charge in [-0.05, 0) is 56.2 Å². The molecule has 0 fully saturated rings. The fourth-order valence-electron chi connectivity index (χ4n) is 3.36. The lowest BCUT2D eigenvalue weighted by Gasteiger charge is -2.29. The standard InChI is InChI=1S/C25H33N3O4/c1-6-17(4)22(25(31)28(7-2)8-3)27-24(30)20-11-9-10-12-21(20)26-23(29)18-13-15-19(32-5)16-14-18/h9-17,22H,6-8H2,1-5H3,(H,26,29)(H,27,30)/t17-,22-/m1/s1. The van der Waals surface area contributed by atoms with Gasteiger partial charge in [0.15, 0.2) is 0 Å². The highest BCUT2D eigenvalue weighted by Gasteiger charge is 2.29. The van der Waals surface area contributed by atoms with Crippen LogP contribution in [0.25, 0.3) is 0 Å². The summed E-state index contributed by atoms with van der Waals surface area (Å²) in [5.74, 6) is -0.229. The average molecular weight is 440 g/mol. The molecule has 0 aromatic heterocycles. The topological polar surface area (TPSA) is 87.7 Å². The van der Waals surface area contributed by atoms with E-state index in [2.05, 4.69) is 10.6 Å². The third-order valence-corrected chi connectivity index (χ3v) is 5.61. The monoisotopic (exact) mass is 439 g/mol. The Labute approximate surface area is 190 Å². The van der Waals surface area contributed by atoms with E-state index < -0.39 is 11.9 Å². The van der Waals surface area contributed by atoms with E-state index in [0.29, 0.717) is 35.7 Å². The number of anilines is 1. The maximum absolute atomic E-state index is 13.2. The predicted octanol–water partition coefficient (Wildman–Crippen LogP) is 3.96. The Balaban J connectivity index is 2.24. The van der Waals surface area contributed by atoms with Gasteiger partial charge in [-0.3, -0.25) is 14.4 Å². The number of ether oxygens (including phenoxy) is 1. The molecule has 7 heteroatoms. The number of hydrogen-bond acceptors (Lipinski definition) is 4. The van der Waals surface area contributed by atoms with Crippen molar-refractivity contribution < 1.29 is 19.1 Å². The molecule has 172 valence electrons. The molecule has 0 bridgehead atoms. The van der Waals surface area contributed by atoms with Gasteiger partial charge in [0.2, 0.25) is 5.91 Å². The lowest BCUT2D eigenvalue weighted by Crippen LogP contribution is -2.51. The minimum atomic E-state index is -0.641. The zero-order chi connectivity index (χ0) is 23.7. The second kappa shape index (κ2) is 11.9. The van der Waals surface area contributed by atoms with Crippen molar-refractivity contribution in [2.24, 2.45) is 5.92 Å². The first-order chi connectivity index (χ1) is 15.4. The molecule has 2 N–H and O–H groups in total. The van der Waals surface area contributed by atoms with E-state index in [4.69, 9.17) is 4.74 Å². The lowest BCUT2D eigenvalue weighted by atomic mass is 9.97. The number of benzene rings is 2. The van der Waals surface area contributed by atoms with E-state index in [1.54, 1.807) is 60.5 Å². The zero-order valence-corrected chi connectivity index (χ0v) is 19.5. The minimum Gasteiger partial charge on any atom is -0.497 e. The van der Waals surface area contributed by atoms with Gasteiger partial charge in [-0.25, -0.2) is 0 Å². The molecular formula is C25H33N3O4. The SMILES string of the molecule is CC[C@@H](C)[C@@H](NC(=O)c1ccccc1NC(=O)c1ccc(OC)cc1)C(=O)N(CC)CC. The number of para-hydroxylation sites is 1. The summed E-state index contributed by atoms with van der Waals surface area (Å²) in [5.41, 5.74) is 1.12. The van der Waals surface area contributed by atoms with Crippen LogP contribution in [0.15, 0.2) is 48.5 Å². The second-order valence-corrected chi connectivity index (χ2v) is 7.58. The maximum atomic E-state index is 13.2. The van der Waals surface area contributed by atoms with E-state index >= 15 is 0 Å². The number of carbonyl (C=O) groups excluding carboxylic acids is 3. The van der Waals surface area contributed by atoms with Gasteiger partial charge >= 0.3 is 0 Å². The third-order valence-electron chi connectivity index (χ3n) is 5.61. The molecule has 0 saturated heterocycles. The van der Waals surface area contributed by atoms with Gasteiger partial charge in [0.25, 0.3) is 11.8 Å². The van der Waals surface area contributed by atoms with Crippen LogP contribution in [0.2, 0.25) is 0 Å². The van der Waals surface area contributed by atoms with Crippen molar-refractivity contribution in [1.82, 2.24) is 10.2 Å². The van der Waals surface area contributed by atoms with Crippen molar-refractivity contribution >= 4 is 23.4 Å². The van der Waals surface area contributed by atoms with E-state index in [-0.39, 0.29) is 17.7 Å². The third kappa shape index (κ3) is 6.09. The Morgan fingerprint density at radius 1 is 0.938 bits per heavy atom. The van der Waals surface area contributed by atoms with Gasteiger partial charge in [-0.2, -0.15) is 0 Å². The van der Waals surface area contributed by atoms with E-state index in [0.717, 1.165) is 6.42 Å². The molecule has 0 saturated carbocycles. The summed E-state index contributed by atoms with van der Waals surface area (Å²) in [6, 6.07) is 12.8. The summed E-state index contributed by atoms with van der Waals surface area (Å²) < 4.78 is 5.12. The van der Waals surface area contributed by atoms with Crippen LogP contribution in [0, 0.1) is 5.92 Å². The molecule has 3 amide bonds. The first kappa shape index (κ1) is 24.9. The molecule has 2 aromatic rings. The fourth-order valence-corrected chi connectivity index (χ4v) is 3.36. The number of carbonyl (C=O) groups is 3. The summed E-state index contributed by atoms with van der Waals surface area (Å²) >= 11 is 0. The van der Waals surface area contributed by atoms with Crippen LogP contribution in [0.4, 0.5) is 5.69 Å². The van der Waals surface area contributed by atoms with Crippen molar-refractivity contribution in [1.29, 1.82) is 0 Å². The largest absolute Gasteiger partial charge is 0.497 e. The number of hydrogen-bond donors (Lipinski definition) is 2. The summed E-state index contributed by atoms with van der Waals surface area (Å²) in [5, 5.41) is 5.70. The quantitative estimate of drug-likeness (QED) is 0.587. The van der Waals surface area contributed by atoms with E-state index in [1.807, 2.05) is 27.7 Å². The van der Waals surface area contributed by atoms with Crippen LogP contribution >= 0.6 is 0 Å². The average Bonchev–Trinajstić information content (AvgIpc) is 2.82. The van der Waals surface area contributed by atoms with Gasteiger partial charge in [-0.15, -0.1) is 0 Å². The highest BCUT2D eigenvalue weighted by molar-refractivity contribution is 6.09. The van der Waals surface area contributed by atoms with Crippen LogP contribution in [-0.4, -0.2) is 48.9 Å². The van der Waals surface area contributed by atoms with Crippen molar-refractivity contribution in [2.45, 2.75) is 40.2 Å². The van der Waals surface area contributed by atoms with Gasteiger partial charge in [0.1, 0.15) is 11.8 Å². The first-order valence-electron chi connectivity index (χ1n) is 11.0. The van der Waals surface area contributed by atoms with E-state index in [1.165, 1.54) is 0 Å². The van der Waals surface area contributed by atoms with E-state index in [9.17, 15) is 14.4 Å². The molecule has 0 aliphatic carbocycles. The van der Waals surface area contributed by atoms with Gasteiger partial charge < -0.3 is 20.3 Å². The number of nitrogens with zero attached hydrogens (tertiary/aromatic N) is 1. The summed E-state index contributed by atoms with van der Waals surface area (Å²) in [6.07, 6.45) is 0.744. The van der Waals surface area contributed by atoms with Gasteiger partial charge in [0, 0.05) is 18.7 Å². The number of amides is 3. The number of likely N-dealkylation sites (N-methyl/N-ethyl adjacent to an activating group) is 1. The number of rotatable bonds is 10. The summed E-state index contributed by atoms with van der Waals surface area (Å²) in [6.45, 7) is 8.92. The van der Waals surface area contributed by atoms with Crippen LogP contribution in [0.1, 0.15) is 54.8 Å². The highest BCUT2D eigenvalue weighted by atomic mass is 16.5. The molecule has 2 rings (SSSR count). The van der Waals surface area contributed by atoms with Crippen molar-refractivity contribution in [2.75, 3.05) is 25.5 Å².